The van der Waals surface area contributed by atoms with Gasteiger partial charge in [0, 0.05) is 12.2 Å². The summed E-state index contributed by atoms with van der Waals surface area (Å²) >= 11 is 0. The van der Waals surface area contributed by atoms with E-state index >= 15 is 0 Å². The Morgan fingerprint density at radius 3 is 2.50 bits per heavy atom. The van der Waals surface area contributed by atoms with Gasteiger partial charge >= 0.3 is 11.8 Å². The van der Waals surface area contributed by atoms with Gasteiger partial charge in [0.2, 0.25) is 0 Å². The molecule has 1 rings (SSSR count). The fourth-order valence-corrected chi connectivity index (χ4v) is 1.19. The first kappa shape index (κ1) is 14.1. The Kier molecular flexibility index (Phi) is 6.45. The lowest BCUT2D eigenvalue weighted by Gasteiger charge is -2.06. The summed E-state index contributed by atoms with van der Waals surface area (Å²) in [4.78, 5) is 22.8. The maximum atomic E-state index is 11.4. The quantitative estimate of drug-likeness (QED) is 0.481. The van der Waals surface area contributed by atoms with E-state index in [-0.39, 0.29) is 26.4 Å². The summed E-state index contributed by atoms with van der Waals surface area (Å²) in [6.45, 7) is 0.625. The number of amides is 2. The predicted molar refractivity (Wildman–Crippen MR) is 66.0 cm³/mol. The highest BCUT2D eigenvalue weighted by Crippen LogP contribution is 2.04. The molecule has 3 N–H and O–H groups in total. The molecule has 1 aromatic rings. The van der Waals surface area contributed by atoms with E-state index in [1.165, 1.54) is 0 Å². The molecule has 2 amide bonds. The Hall–Kier alpha value is -1.92. The number of hydrogen-bond donors (Lipinski definition) is 3. The smallest absolute Gasteiger partial charge is 0.313 e. The summed E-state index contributed by atoms with van der Waals surface area (Å²) in [5.74, 6) is -1.44. The second-order valence-electron chi connectivity index (χ2n) is 3.41. The van der Waals surface area contributed by atoms with Crippen LogP contribution in [0.25, 0.3) is 0 Å². The first-order valence-electron chi connectivity index (χ1n) is 5.57. The highest BCUT2D eigenvalue weighted by Gasteiger charge is 2.12. The topological polar surface area (TPSA) is 87.7 Å². The van der Waals surface area contributed by atoms with Crippen molar-refractivity contribution in [1.82, 2.24) is 5.32 Å². The zero-order valence-electron chi connectivity index (χ0n) is 9.89. The van der Waals surface area contributed by atoms with Crippen molar-refractivity contribution in [3.63, 3.8) is 0 Å². The first-order valence-corrected chi connectivity index (χ1v) is 5.57. The van der Waals surface area contributed by atoms with E-state index in [0.717, 1.165) is 0 Å². The second-order valence-corrected chi connectivity index (χ2v) is 3.41. The summed E-state index contributed by atoms with van der Waals surface area (Å²) in [6.07, 6.45) is 0. The molecule has 0 spiro atoms. The van der Waals surface area contributed by atoms with Gasteiger partial charge in [-0.3, -0.25) is 9.59 Å². The van der Waals surface area contributed by atoms with Crippen molar-refractivity contribution in [1.29, 1.82) is 0 Å². The molecule has 0 saturated carbocycles. The molecule has 6 heteroatoms. The van der Waals surface area contributed by atoms with Gasteiger partial charge in [0.05, 0.1) is 19.8 Å². The number of rotatable bonds is 6. The van der Waals surface area contributed by atoms with Gasteiger partial charge in [-0.25, -0.2) is 0 Å². The minimum absolute atomic E-state index is 0.0670. The van der Waals surface area contributed by atoms with E-state index in [4.69, 9.17) is 9.84 Å². The van der Waals surface area contributed by atoms with Gasteiger partial charge in [-0.1, -0.05) is 18.2 Å². The van der Waals surface area contributed by atoms with Gasteiger partial charge in [0.15, 0.2) is 0 Å². The van der Waals surface area contributed by atoms with E-state index in [1.54, 1.807) is 24.3 Å². The third-order valence-corrected chi connectivity index (χ3v) is 2.01. The van der Waals surface area contributed by atoms with Gasteiger partial charge in [0.25, 0.3) is 0 Å². The number of ether oxygens (including phenoxy) is 1. The SMILES string of the molecule is O=C(NCCOCCO)C(=O)Nc1ccccc1. The molecule has 18 heavy (non-hydrogen) atoms. The van der Waals surface area contributed by atoms with Crippen LogP contribution in [0.5, 0.6) is 0 Å². The minimum Gasteiger partial charge on any atom is -0.394 e. The van der Waals surface area contributed by atoms with Crippen molar-refractivity contribution in [2.45, 2.75) is 0 Å². The summed E-state index contributed by atoms with van der Waals surface area (Å²) < 4.78 is 4.93. The lowest BCUT2D eigenvalue weighted by Crippen LogP contribution is -2.37. The van der Waals surface area contributed by atoms with Crippen molar-refractivity contribution in [3.05, 3.63) is 30.3 Å². The number of nitrogens with one attached hydrogen (secondary N) is 2. The molecule has 6 nitrogen and oxygen atoms in total. The van der Waals surface area contributed by atoms with E-state index in [2.05, 4.69) is 10.6 Å². The van der Waals surface area contributed by atoms with Gasteiger partial charge in [-0.05, 0) is 12.1 Å². The summed E-state index contributed by atoms with van der Waals surface area (Å²) in [5.41, 5.74) is 0.564. The Bertz CT molecular complexity index is 381. The molecule has 0 radical (unpaired) electrons. The number of aliphatic hydroxyl groups excluding tert-OH is 1. The van der Waals surface area contributed by atoms with Crippen LogP contribution in [0.3, 0.4) is 0 Å². The maximum Gasteiger partial charge on any atom is 0.313 e. The van der Waals surface area contributed by atoms with Gasteiger partial charge in [-0.2, -0.15) is 0 Å². The molecule has 0 heterocycles. The monoisotopic (exact) mass is 252 g/mol. The largest absolute Gasteiger partial charge is 0.394 e. The third kappa shape index (κ3) is 5.42. The zero-order valence-corrected chi connectivity index (χ0v) is 9.89. The number of benzene rings is 1. The van der Waals surface area contributed by atoms with Crippen LogP contribution < -0.4 is 10.6 Å². The Morgan fingerprint density at radius 1 is 1.11 bits per heavy atom. The maximum absolute atomic E-state index is 11.4. The summed E-state index contributed by atoms with van der Waals surface area (Å²) in [6, 6.07) is 8.71. The van der Waals surface area contributed by atoms with Crippen LogP contribution >= 0.6 is 0 Å². The normalized spacial score (nSPS) is 9.83. The van der Waals surface area contributed by atoms with Gasteiger partial charge < -0.3 is 20.5 Å². The molecule has 0 aromatic heterocycles. The average Bonchev–Trinajstić information content (AvgIpc) is 2.39. The van der Waals surface area contributed by atoms with Crippen molar-refractivity contribution < 1.29 is 19.4 Å². The van der Waals surface area contributed by atoms with Crippen LogP contribution in [0.1, 0.15) is 0 Å². The Balaban J connectivity index is 2.23. The van der Waals surface area contributed by atoms with E-state index < -0.39 is 11.8 Å². The molecule has 0 bridgehead atoms. The molecule has 0 unspecified atom stereocenters. The van der Waals surface area contributed by atoms with Crippen molar-refractivity contribution in [2.24, 2.45) is 0 Å². The molecular weight excluding hydrogens is 236 g/mol. The molecular formula is C12H16N2O4. The van der Waals surface area contributed by atoms with E-state index in [9.17, 15) is 9.59 Å². The molecule has 1 aromatic carbocycles. The van der Waals surface area contributed by atoms with Crippen molar-refractivity contribution in [2.75, 3.05) is 31.7 Å². The fraction of sp³-hybridized carbons (Fsp3) is 0.333. The number of carbonyl (C=O) groups excluding carboxylic acids is 2. The molecule has 0 aliphatic heterocycles. The molecule has 0 aliphatic carbocycles. The van der Waals surface area contributed by atoms with Crippen molar-refractivity contribution >= 4 is 17.5 Å². The number of aliphatic hydroxyl groups is 1. The zero-order chi connectivity index (χ0) is 13.2. The van der Waals surface area contributed by atoms with Crippen LogP contribution in [0.4, 0.5) is 5.69 Å². The van der Waals surface area contributed by atoms with Crippen LogP contribution in [0, 0.1) is 0 Å². The van der Waals surface area contributed by atoms with Crippen LogP contribution in [-0.2, 0) is 14.3 Å². The Labute approximate surface area is 105 Å². The average molecular weight is 252 g/mol. The predicted octanol–water partition coefficient (Wildman–Crippen LogP) is -0.250. The lowest BCUT2D eigenvalue weighted by atomic mass is 10.3. The first-order chi connectivity index (χ1) is 8.74. The Morgan fingerprint density at radius 2 is 1.83 bits per heavy atom. The van der Waals surface area contributed by atoms with Crippen molar-refractivity contribution in [3.8, 4) is 0 Å². The van der Waals surface area contributed by atoms with E-state index in [1.807, 2.05) is 6.07 Å². The van der Waals surface area contributed by atoms with Crippen LogP contribution in [0.2, 0.25) is 0 Å². The van der Waals surface area contributed by atoms with Gasteiger partial charge in [-0.15, -0.1) is 0 Å². The molecule has 0 atom stereocenters. The summed E-state index contributed by atoms with van der Waals surface area (Å²) in [5, 5.41) is 13.3. The molecule has 0 saturated heterocycles. The van der Waals surface area contributed by atoms with Crippen LogP contribution in [0.15, 0.2) is 30.3 Å². The summed E-state index contributed by atoms with van der Waals surface area (Å²) in [7, 11) is 0. The fourth-order valence-electron chi connectivity index (χ4n) is 1.19. The third-order valence-electron chi connectivity index (χ3n) is 2.01. The van der Waals surface area contributed by atoms with Gasteiger partial charge in [0.1, 0.15) is 0 Å². The highest BCUT2D eigenvalue weighted by molar-refractivity contribution is 6.39. The lowest BCUT2D eigenvalue weighted by molar-refractivity contribution is -0.136. The molecule has 98 valence electrons. The van der Waals surface area contributed by atoms with E-state index in [0.29, 0.717) is 5.69 Å². The van der Waals surface area contributed by atoms with Crippen LogP contribution in [-0.4, -0.2) is 43.3 Å². The number of anilines is 1. The molecule has 0 fully saturated rings. The molecule has 0 aliphatic rings. The number of para-hydroxylation sites is 1. The standard InChI is InChI=1S/C12H16N2O4/c15-7-9-18-8-6-13-11(16)12(17)14-10-4-2-1-3-5-10/h1-5,15H,6-9H2,(H,13,16)(H,14,17). The number of hydrogen-bond acceptors (Lipinski definition) is 4. The minimum atomic E-state index is -0.719. The highest BCUT2D eigenvalue weighted by atomic mass is 16.5. The second kappa shape index (κ2) is 8.21. The number of carbonyl (C=O) groups is 2.